The second-order valence-corrected chi connectivity index (χ2v) is 5.30. The molecule has 17 heavy (non-hydrogen) atoms. The van der Waals surface area contributed by atoms with Gasteiger partial charge < -0.3 is 10.7 Å². The smallest absolute Gasteiger partial charge is 0.111 e. The number of imidazole rings is 1. The van der Waals surface area contributed by atoms with Crippen molar-refractivity contribution >= 4 is 11.0 Å². The molecule has 2 aromatic rings. The van der Waals surface area contributed by atoms with Gasteiger partial charge in [0.25, 0.3) is 0 Å². The highest BCUT2D eigenvalue weighted by Crippen LogP contribution is 2.33. The van der Waals surface area contributed by atoms with E-state index < -0.39 is 0 Å². The van der Waals surface area contributed by atoms with Gasteiger partial charge in [0.1, 0.15) is 5.82 Å². The van der Waals surface area contributed by atoms with Crippen molar-refractivity contribution in [2.75, 3.05) is 0 Å². The lowest BCUT2D eigenvalue weighted by Crippen LogP contribution is -2.23. The van der Waals surface area contributed by atoms with Crippen LogP contribution in [0, 0.1) is 13.8 Å². The summed E-state index contributed by atoms with van der Waals surface area (Å²) in [5.74, 6) is 1.50. The van der Waals surface area contributed by atoms with Crippen LogP contribution in [0.1, 0.15) is 42.1 Å². The fraction of sp³-hybridized carbons (Fsp3) is 0.500. The Labute approximate surface area is 101 Å². The highest BCUT2D eigenvalue weighted by Gasteiger charge is 2.28. The first-order chi connectivity index (χ1) is 8.15. The summed E-state index contributed by atoms with van der Waals surface area (Å²) in [7, 11) is 0. The minimum atomic E-state index is 0.275. The van der Waals surface area contributed by atoms with Crippen molar-refractivity contribution in [3.63, 3.8) is 0 Å². The van der Waals surface area contributed by atoms with E-state index in [0.717, 1.165) is 23.3 Å². The largest absolute Gasteiger partial charge is 0.342 e. The molecule has 1 aromatic carbocycles. The predicted octanol–water partition coefficient (Wildman–Crippen LogP) is 2.77. The first-order valence-electron chi connectivity index (χ1n) is 6.37. The fourth-order valence-corrected chi connectivity index (χ4v) is 2.99. The maximum atomic E-state index is 6.14. The zero-order valence-electron chi connectivity index (χ0n) is 10.5. The van der Waals surface area contributed by atoms with Crippen LogP contribution in [-0.2, 0) is 0 Å². The topological polar surface area (TPSA) is 54.7 Å². The van der Waals surface area contributed by atoms with Crippen LogP contribution in [0.25, 0.3) is 11.0 Å². The number of nitrogens with one attached hydrogen (secondary N) is 1. The highest BCUT2D eigenvalue weighted by molar-refractivity contribution is 5.79. The molecule has 1 aliphatic carbocycles. The molecule has 3 N–H and O–H groups in total. The number of nitrogens with zero attached hydrogens (tertiary/aromatic N) is 1. The predicted molar refractivity (Wildman–Crippen MR) is 70.1 cm³/mol. The van der Waals surface area contributed by atoms with Gasteiger partial charge in [0.15, 0.2) is 0 Å². The molecule has 0 amide bonds. The molecular weight excluding hydrogens is 210 g/mol. The molecule has 2 atom stereocenters. The van der Waals surface area contributed by atoms with Gasteiger partial charge in [-0.1, -0.05) is 12.5 Å². The lowest BCUT2D eigenvalue weighted by Gasteiger charge is -2.11. The van der Waals surface area contributed by atoms with Gasteiger partial charge in [-0.2, -0.15) is 0 Å². The van der Waals surface area contributed by atoms with E-state index in [1.54, 1.807) is 0 Å². The number of rotatable bonds is 1. The number of aryl methyl sites for hydroxylation is 2. The summed E-state index contributed by atoms with van der Waals surface area (Å²) in [6.07, 6.45) is 3.51. The van der Waals surface area contributed by atoms with Gasteiger partial charge in [-0.25, -0.2) is 4.98 Å². The van der Waals surface area contributed by atoms with Gasteiger partial charge in [-0.3, -0.25) is 0 Å². The lowest BCUT2D eigenvalue weighted by atomic mass is 10.0. The van der Waals surface area contributed by atoms with Crippen molar-refractivity contribution in [2.45, 2.75) is 45.1 Å². The van der Waals surface area contributed by atoms with E-state index in [-0.39, 0.29) is 6.04 Å². The van der Waals surface area contributed by atoms with Crippen LogP contribution in [0.5, 0.6) is 0 Å². The second-order valence-electron chi connectivity index (χ2n) is 5.30. The molecule has 1 aliphatic rings. The van der Waals surface area contributed by atoms with Crippen molar-refractivity contribution in [3.05, 3.63) is 29.1 Å². The number of H-pyrrole nitrogens is 1. The third kappa shape index (κ3) is 1.75. The Bertz CT molecular complexity index is 556. The van der Waals surface area contributed by atoms with Crippen molar-refractivity contribution < 1.29 is 0 Å². The Kier molecular flexibility index (Phi) is 2.44. The summed E-state index contributed by atoms with van der Waals surface area (Å²) in [5, 5.41) is 0. The molecule has 0 bridgehead atoms. The third-order valence-corrected chi connectivity index (χ3v) is 3.86. The summed E-state index contributed by atoms with van der Waals surface area (Å²) in [6, 6.07) is 4.62. The van der Waals surface area contributed by atoms with Crippen molar-refractivity contribution in [3.8, 4) is 0 Å². The van der Waals surface area contributed by atoms with Crippen LogP contribution in [0.15, 0.2) is 12.1 Å². The van der Waals surface area contributed by atoms with Crippen molar-refractivity contribution in [1.82, 2.24) is 9.97 Å². The molecule has 1 fully saturated rings. The van der Waals surface area contributed by atoms with Crippen molar-refractivity contribution in [1.29, 1.82) is 0 Å². The maximum Gasteiger partial charge on any atom is 0.111 e. The Hall–Kier alpha value is -1.35. The van der Waals surface area contributed by atoms with Crippen LogP contribution in [-0.4, -0.2) is 16.0 Å². The normalized spacial score (nSPS) is 24.6. The zero-order valence-corrected chi connectivity index (χ0v) is 10.5. The van der Waals surface area contributed by atoms with E-state index in [0.29, 0.717) is 5.92 Å². The van der Waals surface area contributed by atoms with E-state index in [4.69, 9.17) is 10.7 Å². The average molecular weight is 229 g/mol. The summed E-state index contributed by atoms with van der Waals surface area (Å²) in [5.41, 5.74) is 10.9. The minimum absolute atomic E-state index is 0.275. The summed E-state index contributed by atoms with van der Waals surface area (Å²) < 4.78 is 0. The molecular formula is C14H19N3. The first-order valence-corrected chi connectivity index (χ1v) is 6.37. The van der Waals surface area contributed by atoms with Crippen molar-refractivity contribution in [2.24, 2.45) is 5.73 Å². The molecule has 1 heterocycles. The first kappa shape index (κ1) is 10.8. The number of benzene rings is 1. The molecule has 1 saturated carbocycles. The molecule has 3 rings (SSSR count). The number of fused-ring (bicyclic) bond motifs is 1. The summed E-state index contributed by atoms with van der Waals surface area (Å²) in [4.78, 5) is 8.21. The number of aromatic amines is 1. The minimum Gasteiger partial charge on any atom is -0.342 e. The van der Waals surface area contributed by atoms with E-state index >= 15 is 0 Å². The molecule has 90 valence electrons. The monoisotopic (exact) mass is 229 g/mol. The van der Waals surface area contributed by atoms with Crippen LogP contribution in [0.3, 0.4) is 0 Å². The van der Waals surface area contributed by atoms with E-state index in [1.807, 2.05) is 0 Å². The number of hydrogen-bond donors (Lipinski definition) is 2. The van der Waals surface area contributed by atoms with Crippen LogP contribution in [0.2, 0.25) is 0 Å². The van der Waals surface area contributed by atoms with E-state index in [1.165, 1.54) is 24.0 Å². The maximum absolute atomic E-state index is 6.14. The molecule has 3 nitrogen and oxygen atoms in total. The molecule has 2 unspecified atom stereocenters. The van der Waals surface area contributed by atoms with E-state index in [2.05, 4.69) is 31.0 Å². The van der Waals surface area contributed by atoms with E-state index in [9.17, 15) is 0 Å². The number of hydrogen-bond acceptors (Lipinski definition) is 2. The molecule has 3 heteroatoms. The summed E-state index contributed by atoms with van der Waals surface area (Å²) >= 11 is 0. The van der Waals surface area contributed by atoms with Crippen LogP contribution >= 0.6 is 0 Å². The fourth-order valence-electron chi connectivity index (χ4n) is 2.99. The van der Waals surface area contributed by atoms with Crippen LogP contribution in [0.4, 0.5) is 0 Å². The molecule has 0 spiro atoms. The highest BCUT2D eigenvalue weighted by atomic mass is 14.9. The van der Waals surface area contributed by atoms with Gasteiger partial charge in [-0.15, -0.1) is 0 Å². The van der Waals surface area contributed by atoms with Gasteiger partial charge in [-0.05, 0) is 43.9 Å². The molecule has 0 saturated heterocycles. The van der Waals surface area contributed by atoms with Gasteiger partial charge in [0.2, 0.25) is 0 Å². The SMILES string of the molecule is Cc1cc(C)c2nc(C3CCCC3N)[nH]c2c1. The molecule has 1 aromatic heterocycles. The second kappa shape index (κ2) is 3.84. The lowest BCUT2D eigenvalue weighted by molar-refractivity contribution is 0.588. The Morgan fingerprint density at radius 3 is 2.82 bits per heavy atom. The quantitative estimate of drug-likeness (QED) is 0.790. The Balaban J connectivity index is 2.10. The van der Waals surface area contributed by atoms with Crippen LogP contribution < -0.4 is 5.73 Å². The Morgan fingerprint density at radius 1 is 1.29 bits per heavy atom. The van der Waals surface area contributed by atoms with Gasteiger partial charge in [0, 0.05) is 12.0 Å². The third-order valence-electron chi connectivity index (χ3n) is 3.86. The van der Waals surface area contributed by atoms with Gasteiger partial charge in [0.05, 0.1) is 11.0 Å². The Morgan fingerprint density at radius 2 is 2.12 bits per heavy atom. The standard InChI is InChI=1S/C14H19N3/c1-8-6-9(2)13-12(7-8)16-14(17-13)10-4-3-5-11(10)15/h6-7,10-11H,3-5,15H2,1-2H3,(H,16,17). The van der Waals surface area contributed by atoms with Gasteiger partial charge >= 0.3 is 0 Å². The molecule has 0 radical (unpaired) electrons. The average Bonchev–Trinajstić information content (AvgIpc) is 2.83. The number of aromatic nitrogens is 2. The molecule has 0 aliphatic heterocycles. The zero-order chi connectivity index (χ0) is 12.0. The summed E-state index contributed by atoms with van der Waals surface area (Å²) in [6.45, 7) is 4.24. The number of nitrogens with two attached hydrogens (primary N) is 1.